The Morgan fingerprint density at radius 2 is 0.944 bits per heavy atom. The number of allylic oxidation sites excluding steroid dienone is 2. The highest BCUT2D eigenvalue weighted by Crippen LogP contribution is 2.22. The monoisotopic (exact) mass is 1760 g/mol. The predicted molar refractivity (Wildman–Crippen MR) is 559 cm³/mol. The highest BCUT2D eigenvalue weighted by molar-refractivity contribution is 7.99. The Kier molecular flexibility index (Phi) is 107. The number of thioether (sulfide) groups is 1. The molecule has 3 fully saturated rings. The number of likely N-dealkylation sites (N-methyl/N-ethyl adjacent to an activating group) is 2. The minimum Gasteiger partial charge on any atom is -0.470 e. The maximum atomic E-state index is 11.3. The first-order valence-electron chi connectivity index (χ1n) is 40.7. The summed E-state index contributed by atoms with van der Waals surface area (Å²) < 4.78 is 14.3. The number of fused-ring (bicyclic) bond motifs is 3. The van der Waals surface area contributed by atoms with Crippen LogP contribution in [0.25, 0.3) is 10.9 Å². The fraction of sp³-hybridized carbons (Fsp3) is 0.584. The smallest absolute Gasteiger partial charge is 0.261 e. The number of carbonyl (C=O) groups is 2. The summed E-state index contributed by atoms with van der Waals surface area (Å²) in [6.07, 6.45) is 39.8. The lowest BCUT2D eigenvalue weighted by molar-refractivity contribution is -0.0548. The molecule has 23 heteroatoms. The van der Waals surface area contributed by atoms with Crippen LogP contribution in [0, 0.1) is 0 Å². The van der Waals surface area contributed by atoms with Gasteiger partial charge in [0.15, 0.2) is 5.96 Å². The van der Waals surface area contributed by atoms with Crippen molar-refractivity contribution in [1.29, 1.82) is 0 Å². The topological polar surface area (TPSA) is 190 Å². The van der Waals surface area contributed by atoms with Crippen molar-refractivity contribution in [3.63, 3.8) is 0 Å². The number of carbonyl (C=O) groups excluding carboxylic acids is 2. The Labute approximate surface area is 772 Å². The number of imide groups is 1. The number of nitrogens with zero attached hydrogens (tertiary/aromatic N) is 14. The van der Waals surface area contributed by atoms with Gasteiger partial charge in [0.05, 0.1) is 30.9 Å². The number of para-hydroxylation sites is 1. The first kappa shape index (κ1) is 141. The number of guanidine groups is 1. The van der Waals surface area contributed by atoms with Crippen LogP contribution in [0.3, 0.4) is 0 Å². The minimum absolute atomic E-state index is 0. The quantitative estimate of drug-likeness (QED) is 0.0518. The molecule has 724 valence electrons. The van der Waals surface area contributed by atoms with Crippen molar-refractivity contribution in [2.24, 2.45) is 21.6 Å². The number of nitrogens with two attached hydrogens (primary N) is 2. The molecular formula is C101H198N16O6S. The van der Waals surface area contributed by atoms with E-state index in [9.17, 15) is 9.59 Å². The largest absolute Gasteiger partial charge is 0.470 e. The number of morpholine rings is 1. The molecule has 15 rings (SSSR count). The molecule has 4 N–H and O–H groups in total. The highest BCUT2D eigenvalue weighted by Gasteiger charge is 2.31. The molecule has 0 radical (unpaired) electrons. The molecule has 5 aromatic rings. The third kappa shape index (κ3) is 63.4. The number of aliphatic imine (C=N–C) groups is 1. The van der Waals surface area contributed by atoms with Gasteiger partial charge in [-0.1, -0.05) is 229 Å². The lowest BCUT2D eigenvalue weighted by Gasteiger charge is -2.24. The van der Waals surface area contributed by atoms with E-state index in [1.807, 2.05) is 79.7 Å². The second-order valence-electron chi connectivity index (χ2n) is 25.9. The molecule has 22 nitrogen and oxygen atoms in total. The predicted octanol–water partition coefficient (Wildman–Crippen LogP) is 24.2. The van der Waals surface area contributed by atoms with E-state index in [0.717, 1.165) is 103 Å². The number of hydrogen-bond donors (Lipinski definition) is 2. The van der Waals surface area contributed by atoms with E-state index >= 15 is 0 Å². The fourth-order valence-corrected chi connectivity index (χ4v) is 12.1. The fourth-order valence-electron chi connectivity index (χ4n) is 11.1. The van der Waals surface area contributed by atoms with Crippen LogP contribution in [-0.2, 0) is 45.3 Å². The molecule has 3 saturated heterocycles. The van der Waals surface area contributed by atoms with Gasteiger partial charge in [-0.2, -0.15) is 11.8 Å². The Hall–Kier alpha value is -8.55. The first-order chi connectivity index (χ1) is 54.1. The van der Waals surface area contributed by atoms with Gasteiger partial charge in [0, 0.05) is 167 Å². The zero-order valence-corrected chi connectivity index (χ0v) is 71.6. The average Bonchev–Trinajstić information content (AvgIpc) is 1.85. The van der Waals surface area contributed by atoms with E-state index in [1.54, 1.807) is 60.7 Å². The number of amides is 2. The molecule has 2 aromatic heterocycles. The van der Waals surface area contributed by atoms with Crippen LogP contribution < -0.4 is 11.5 Å². The van der Waals surface area contributed by atoms with Crippen molar-refractivity contribution < 1.29 is 30.2 Å². The number of hydrogen-bond acceptors (Lipinski definition) is 18. The van der Waals surface area contributed by atoms with Crippen molar-refractivity contribution >= 4 is 46.8 Å². The average molecular weight is 1760 g/mol. The molecule has 0 unspecified atom stereocenters. The molecule has 2 amide bonds. The van der Waals surface area contributed by atoms with Gasteiger partial charge < -0.3 is 64.2 Å². The molecule has 10 aliphatic heterocycles. The lowest BCUT2D eigenvalue weighted by Crippen LogP contribution is -2.35. The normalized spacial score (nSPS) is 14.8. The Balaban J connectivity index is -0.0000000981. The van der Waals surface area contributed by atoms with Crippen LogP contribution >= 0.6 is 11.8 Å². The standard InChI is InChI=1S/C10H13N.C10H11N.C9H7NO2.C6H13NO.2C6H9NO.C6H13NS.C6H13N.2C6H11N.C6H9N.C5H8N2O.C3H9N3.C3H8.13CH4.H2/c1-2-11-7-9-5-3-4-6-10(9)8-11;1-2-11-8-7-9-5-3-4-6-10(9)11;1-10-8(11)6-4-2-3-5-7(6)9(10)12;2*1-2-7-3-5-8-6-4-7;1-2-7-5-3-4-6-8-7;1-2-7-3-5-8-6-4-7;4*1-2-7-5-3-4-6-7;1-2-7-3-4-8-6-5-7;1-2-6-3(4)5;1-3-2;;;;;;;;;;;;;;/h3-6H,2,7-8H2,1H3;3-8H,2H2,1H3;2-5H,1H3;2-6H2,1H3;2*3-6H,2H2,1H3;2-6H2,1H3;2-6H2,1H3;3,5H,2,4,6H2,1H3;3-4H,2,5-6H2,1H3;3-6H,2H2,1H3;3-5H,2H2,1H3;2H2,1H3,(H4,4,5,6);3H2,1-2H3;13*1H4;1H. The third-order valence-electron chi connectivity index (χ3n) is 18.0. The summed E-state index contributed by atoms with van der Waals surface area (Å²) in [7, 11) is 1.49. The van der Waals surface area contributed by atoms with Crippen LogP contribution in [0.5, 0.6) is 0 Å². The molecule has 3 aromatic carbocycles. The van der Waals surface area contributed by atoms with E-state index in [1.165, 1.54) is 125 Å². The molecule has 10 aliphatic rings. The van der Waals surface area contributed by atoms with Crippen LogP contribution in [-0.4, -0.2) is 239 Å². The molecular weight excluding hydrogens is 1570 g/mol. The van der Waals surface area contributed by atoms with Crippen LogP contribution in [0.4, 0.5) is 0 Å². The number of rotatable bonds is 12. The van der Waals surface area contributed by atoms with Gasteiger partial charge in [-0.15, -0.1) is 0 Å². The van der Waals surface area contributed by atoms with Crippen molar-refractivity contribution in [3.8, 4) is 0 Å². The van der Waals surface area contributed by atoms with Crippen molar-refractivity contribution in [2.75, 3.05) is 156 Å². The molecule has 0 aliphatic carbocycles. The zero-order valence-electron chi connectivity index (χ0n) is 70.7. The first-order valence-corrected chi connectivity index (χ1v) is 41.9. The number of oxime groups is 1. The maximum absolute atomic E-state index is 11.3. The summed E-state index contributed by atoms with van der Waals surface area (Å²) in [5, 5.41) is 6.62. The summed E-state index contributed by atoms with van der Waals surface area (Å²) in [4.78, 5) is 55.3. The SMILES string of the molecule is C.C.C.C.C.C.C.C.C.C.C.C.C.CCC.CCN1C=CC=CO1.CCN1C=CCC1.CCN1C=COC=C1.CCN1C=CON=C1.CCN1CC=CC1.CCN1CCCC1.CCN1CCOCC1.CCN1CCSCC1.CCN1Cc2ccccc2C1.CCN=C(N)N.CCn1ccc2ccccc21.CCn1cccc1.CN1C(=O)c2ccccc2C1=O.[HH]. The van der Waals surface area contributed by atoms with E-state index in [2.05, 4.69) is 239 Å². The Bertz CT molecular complexity index is 3270. The van der Waals surface area contributed by atoms with Gasteiger partial charge in [-0.25, -0.2) is 5.06 Å². The molecule has 12 heterocycles. The van der Waals surface area contributed by atoms with Gasteiger partial charge in [0.1, 0.15) is 31.4 Å². The van der Waals surface area contributed by atoms with Gasteiger partial charge in [0.2, 0.25) is 0 Å². The maximum Gasteiger partial charge on any atom is 0.261 e. The number of aryl methyl sites for hydroxylation is 2. The summed E-state index contributed by atoms with van der Waals surface area (Å²) in [5.74, 6) is 2.42. The second-order valence-corrected chi connectivity index (χ2v) is 27.1. The minimum atomic E-state index is -0.212. The molecule has 0 spiro atoms. The van der Waals surface area contributed by atoms with E-state index < -0.39 is 0 Å². The third-order valence-corrected chi connectivity index (χ3v) is 19.0. The van der Waals surface area contributed by atoms with Gasteiger partial charge in [-0.05, 0) is 185 Å². The van der Waals surface area contributed by atoms with Gasteiger partial charge >= 0.3 is 0 Å². The molecule has 0 atom stereocenters. The van der Waals surface area contributed by atoms with Crippen LogP contribution in [0.15, 0.2) is 206 Å². The molecule has 0 saturated carbocycles. The van der Waals surface area contributed by atoms with E-state index in [-0.39, 0.29) is 116 Å². The number of likely N-dealkylation sites (tertiary alicyclic amines) is 1. The Morgan fingerprint density at radius 3 is 1.28 bits per heavy atom. The van der Waals surface area contributed by atoms with Crippen molar-refractivity contribution in [1.82, 2.24) is 58.3 Å². The zero-order chi connectivity index (χ0) is 81.3. The lowest BCUT2D eigenvalue weighted by atomic mass is 10.1. The highest BCUT2D eigenvalue weighted by atomic mass is 32.2. The van der Waals surface area contributed by atoms with Crippen molar-refractivity contribution in [3.05, 3.63) is 218 Å². The van der Waals surface area contributed by atoms with E-state index in [0.29, 0.717) is 17.7 Å². The summed E-state index contributed by atoms with van der Waals surface area (Å²) >= 11 is 2.07. The number of benzene rings is 3. The Morgan fingerprint density at radius 1 is 0.460 bits per heavy atom. The second kappa shape index (κ2) is 93.6. The number of hydroxylamine groups is 2. The van der Waals surface area contributed by atoms with Gasteiger partial charge in [0.25, 0.3) is 11.8 Å². The van der Waals surface area contributed by atoms with Gasteiger partial charge in [-0.3, -0.25) is 34.2 Å². The number of ether oxygens (including phenoxy) is 2. The summed E-state index contributed by atoms with van der Waals surface area (Å²) in [6.45, 7) is 57.8. The summed E-state index contributed by atoms with van der Waals surface area (Å²) in [5.41, 5.74) is 15.2. The van der Waals surface area contributed by atoms with E-state index in [4.69, 9.17) is 25.8 Å². The van der Waals surface area contributed by atoms with Crippen LogP contribution in [0.2, 0.25) is 0 Å². The molecule has 0 bridgehead atoms. The summed E-state index contributed by atoms with van der Waals surface area (Å²) in [6, 6.07) is 30.2. The molecule has 124 heavy (non-hydrogen) atoms. The van der Waals surface area contributed by atoms with Crippen LogP contribution in [0.1, 0.15) is 252 Å². The van der Waals surface area contributed by atoms with Crippen molar-refractivity contribution in [2.45, 2.75) is 245 Å². The number of aromatic nitrogens is 2.